The molecule has 0 atom stereocenters. The van der Waals surface area contributed by atoms with Crippen LogP contribution in [0.2, 0.25) is 0 Å². The van der Waals surface area contributed by atoms with Gasteiger partial charge in [-0.2, -0.15) is 0 Å². The summed E-state index contributed by atoms with van der Waals surface area (Å²) in [6.07, 6.45) is 1.64. The van der Waals surface area contributed by atoms with Crippen molar-refractivity contribution in [3.8, 4) is 5.75 Å². The first kappa shape index (κ1) is 14.2. The molecule has 4 nitrogen and oxygen atoms in total. The van der Waals surface area contributed by atoms with Crippen molar-refractivity contribution >= 4 is 62.2 Å². The van der Waals surface area contributed by atoms with Crippen LogP contribution in [-0.4, -0.2) is 16.2 Å². The average Bonchev–Trinajstić information content (AvgIpc) is 2.61. The Morgan fingerprint density at radius 2 is 2.26 bits per heavy atom. The fourth-order valence-electron chi connectivity index (χ4n) is 1.44. The molecule has 1 saturated heterocycles. The summed E-state index contributed by atoms with van der Waals surface area (Å²) in [6.45, 7) is 1.32. The Bertz CT molecular complexity index is 613. The monoisotopic (exact) mass is 357 g/mol. The normalized spacial score (nSPS) is 16.6. The summed E-state index contributed by atoms with van der Waals surface area (Å²) >= 11 is 9.43. The Morgan fingerprint density at radius 3 is 2.84 bits per heavy atom. The Morgan fingerprint density at radius 1 is 1.53 bits per heavy atom. The van der Waals surface area contributed by atoms with Crippen LogP contribution in [0.5, 0.6) is 5.75 Å². The second-order valence-corrected chi connectivity index (χ2v) is 6.26. The minimum atomic E-state index is -0.416. The number of carbonyl (C=O) groups excluding carboxylic acids is 2. The van der Waals surface area contributed by atoms with Gasteiger partial charge >= 0.3 is 5.97 Å². The van der Waals surface area contributed by atoms with E-state index in [0.717, 1.165) is 4.47 Å². The second kappa shape index (κ2) is 5.85. The first-order valence-corrected chi connectivity index (χ1v) is 7.20. The van der Waals surface area contributed by atoms with E-state index in [9.17, 15) is 9.59 Å². The third kappa shape index (κ3) is 3.65. The second-order valence-electron chi connectivity index (χ2n) is 3.63. The Labute approximate surface area is 127 Å². The highest BCUT2D eigenvalue weighted by molar-refractivity contribution is 9.10. The molecule has 1 aliphatic heterocycles. The first-order valence-electron chi connectivity index (χ1n) is 5.18. The lowest BCUT2D eigenvalue weighted by Crippen LogP contribution is -2.17. The first-order chi connectivity index (χ1) is 8.95. The Balaban J connectivity index is 2.40. The van der Waals surface area contributed by atoms with Gasteiger partial charge in [0.1, 0.15) is 10.1 Å². The van der Waals surface area contributed by atoms with E-state index in [4.69, 9.17) is 17.0 Å². The van der Waals surface area contributed by atoms with Crippen LogP contribution < -0.4 is 10.1 Å². The van der Waals surface area contributed by atoms with Crippen LogP contribution in [-0.2, 0) is 9.59 Å². The molecule has 1 aromatic carbocycles. The molecule has 0 aromatic heterocycles. The number of ether oxygens (including phenoxy) is 1. The van der Waals surface area contributed by atoms with Gasteiger partial charge in [0, 0.05) is 17.0 Å². The summed E-state index contributed by atoms with van der Waals surface area (Å²) in [5.41, 5.74) is 0.631. The number of halogens is 1. The number of esters is 1. The van der Waals surface area contributed by atoms with E-state index < -0.39 is 5.97 Å². The summed E-state index contributed by atoms with van der Waals surface area (Å²) in [6, 6.07) is 5.18. The van der Waals surface area contributed by atoms with Gasteiger partial charge in [-0.15, -0.1) is 0 Å². The van der Waals surface area contributed by atoms with Gasteiger partial charge in [-0.25, -0.2) is 0 Å². The number of rotatable bonds is 2. The standard InChI is InChI=1S/C12H8BrNO3S2/c1-6(15)17-9-3-2-8(13)4-7(9)5-10-11(16)14-12(18)19-10/h2-5H,1H3,(H,14,16,18)/b10-5-. The molecule has 1 amide bonds. The van der Waals surface area contributed by atoms with Crippen LogP contribution in [0.15, 0.2) is 27.6 Å². The molecule has 2 rings (SSSR count). The maximum Gasteiger partial charge on any atom is 0.308 e. The molecule has 1 aliphatic rings. The van der Waals surface area contributed by atoms with Crippen molar-refractivity contribution < 1.29 is 14.3 Å². The highest BCUT2D eigenvalue weighted by Gasteiger charge is 2.22. The van der Waals surface area contributed by atoms with Crippen molar-refractivity contribution in [2.45, 2.75) is 6.92 Å². The summed E-state index contributed by atoms with van der Waals surface area (Å²) < 4.78 is 6.33. The number of amides is 1. The van der Waals surface area contributed by atoms with Gasteiger partial charge in [0.2, 0.25) is 0 Å². The van der Waals surface area contributed by atoms with E-state index in [1.807, 2.05) is 0 Å². The van der Waals surface area contributed by atoms with Gasteiger partial charge < -0.3 is 10.1 Å². The SMILES string of the molecule is CC(=O)Oc1ccc(Br)cc1/C=C1\SC(=S)NC1=O. The van der Waals surface area contributed by atoms with Crippen molar-refractivity contribution in [3.63, 3.8) is 0 Å². The maximum absolute atomic E-state index is 11.6. The maximum atomic E-state index is 11.6. The van der Waals surface area contributed by atoms with Gasteiger partial charge in [-0.3, -0.25) is 9.59 Å². The largest absolute Gasteiger partial charge is 0.426 e. The summed E-state index contributed by atoms with van der Waals surface area (Å²) in [5, 5.41) is 2.53. The van der Waals surface area contributed by atoms with Gasteiger partial charge in [0.15, 0.2) is 0 Å². The number of carbonyl (C=O) groups is 2. The molecule has 7 heteroatoms. The highest BCUT2D eigenvalue weighted by atomic mass is 79.9. The number of thiocarbonyl (C=S) groups is 1. The van der Waals surface area contributed by atoms with Gasteiger partial charge in [-0.05, 0) is 24.3 Å². The van der Waals surface area contributed by atoms with Crippen LogP contribution in [0.3, 0.4) is 0 Å². The lowest BCUT2D eigenvalue weighted by molar-refractivity contribution is -0.131. The fraction of sp³-hybridized carbons (Fsp3) is 0.0833. The van der Waals surface area contributed by atoms with E-state index in [1.54, 1.807) is 24.3 Å². The molecule has 0 spiro atoms. The average molecular weight is 358 g/mol. The lowest BCUT2D eigenvalue weighted by atomic mass is 10.2. The number of hydrogen-bond acceptors (Lipinski definition) is 5. The highest BCUT2D eigenvalue weighted by Crippen LogP contribution is 2.31. The van der Waals surface area contributed by atoms with E-state index >= 15 is 0 Å². The molecule has 19 heavy (non-hydrogen) atoms. The van der Waals surface area contributed by atoms with E-state index in [1.165, 1.54) is 18.7 Å². The number of benzene rings is 1. The predicted molar refractivity (Wildman–Crippen MR) is 81.8 cm³/mol. The van der Waals surface area contributed by atoms with Crippen LogP contribution in [0, 0.1) is 0 Å². The zero-order valence-electron chi connectivity index (χ0n) is 9.73. The molecule has 1 aromatic rings. The molecule has 1 heterocycles. The molecule has 0 saturated carbocycles. The topological polar surface area (TPSA) is 55.4 Å². The van der Waals surface area contributed by atoms with Crippen molar-refractivity contribution in [3.05, 3.63) is 33.1 Å². The number of nitrogens with one attached hydrogen (secondary N) is 1. The molecule has 1 N–H and O–H groups in total. The zero-order chi connectivity index (χ0) is 14.0. The van der Waals surface area contributed by atoms with Crippen molar-refractivity contribution in [2.75, 3.05) is 0 Å². The minimum Gasteiger partial charge on any atom is -0.426 e. The lowest BCUT2D eigenvalue weighted by Gasteiger charge is -2.06. The van der Waals surface area contributed by atoms with E-state index in [2.05, 4.69) is 21.2 Å². The smallest absolute Gasteiger partial charge is 0.308 e. The fourth-order valence-corrected chi connectivity index (χ4v) is 2.86. The Hall–Kier alpha value is -1.18. The summed E-state index contributed by atoms with van der Waals surface area (Å²) in [5.74, 6) is -0.265. The zero-order valence-corrected chi connectivity index (χ0v) is 12.9. The minimum absolute atomic E-state index is 0.247. The van der Waals surface area contributed by atoms with Crippen molar-refractivity contribution in [1.82, 2.24) is 5.32 Å². The molecule has 0 unspecified atom stereocenters. The number of thioether (sulfide) groups is 1. The summed E-state index contributed by atoms with van der Waals surface area (Å²) in [4.78, 5) is 23.1. The number of hydrogen-bond donors (Lipinski definition) is 1. The van der Waals surface area contributed by atoms with Crippen LogP contribution in [0.1, 0.15) is 12.5 Å². The van der Waals surface area contributed by atoms with Crippen molar-refractivity contribution in [2.24, 2.45) is 0 Å². The third-order valence-electron chi connectivity index (χ3n) is 2.15. The Kier molecular flexibility index (Phi) is 4.38. The summed E-state index contributed by atoms with van der Waals surface area (Å²) in [7, 11) is 0. The van der Waals surface area contributed by atoms with E-state index in [-0.39, 0.29) is 5.91 Å². The molecule has 98 valence electrons. The molecule has 0 bridgehead atoms. The van der Waals surface area contributed by atoms with Gasteiger partial charge in [-0.1, -0.05) is 39.9 Å². The van der Waals surface area contributed by atoms with Crippen LogP contribution in [0.4, 0.5) is 0 Å². The quantitative estimate of drug-likeness (QED) is 0.381. The van der Waals surface area contributed by atoms with Gasteiger partial charge in [0.05, 0.1) is 4.91 Å². The van der Waals surface area contributed by atoms with Crippen LogP contribution >= 0.6 is 39.9 Å². The molecular formula is C12H8BrNO3S2. The third-order valence-corrected chi connectivity index (χ3v) is 3.81. The predicted octanol–water partition coefficient (Wildman–Crippen LogP) is 2.86. The molecule has 1 fully saturated rings. The van der Waals surface area contributed by atoms with Crippen molar-refractivity contribution in [1.29, 1.82) is 0 Å². The molecule has 0 radical (unpaired) electrons. The van der Waals surface area contributed by atoms with E-state index in [0.29, 0.717) is 20.5 Å². The van der Waals surface area contributed by atoms with Crippen LogP contribution in [0.25, 0.3) is 6.08 Å². The van der Waals surface area contributed by atoms with Gasteiger partial charge in [0.25, 0.3) is 5.91 Å². The molecular weight excluding hydrogens is 350 g/mol. The molecule has 0 aliphatic carbocycles.